The molecule has 0 aliphatic carbocycles. The number of rotatable bonds is 3. The fraction of sp³-hybridized carbons (Fsp3) is 1.00. The highest BCUT2D eigenvalue weighted by Gasteiger charge is 2.36. The molecule has 0 aromatic carbocycles. The largest absolute Gasteiger partial charge is 0.368 e. The van der Waals surface area contributed by atoms with E-state index in [4.69, 9.17) is 4.74 Å². The van der Waals surface area contributed by atoms with E-state index in [9.17, 15) is 10.1 Å². The maximum absolute atomic E-state index is 10.2. The maximum Gasteiger partial charge on any atom is 0.341 e. The quantitative estimate of drug-likeness (QED) is 0.321. The Bertz CT molecular complexity index is 134. The van der Waals surface area contributed by atoms with Gasteiger partial charge in [0, 0.05) is 13.5 Å². The highest BCUT2D eigenvalue weighted by Crippen LogP contribution is 2.17. The van der Waals surface area contributed by atoms with Crippen LogP contribution in [0.15, 0.2) is 0 Å². The second-order valence-electron chi connectivity index (χ2n) is 2.11. The van der Waals surface area contributed by atoms with Crippen molar-refractivity contribution in [3.05, 3.63) is 10.1 Å². The van der Waals surface area contributed by atoms with Crippen LogP contribution in [0.2, 0.25) is 0 Å². The lowest BCUT2D eigenvalue weighted by Crippen LogP contribution is -2.44. The molecule has 0 radical (unpaired) electrons. The molecule has 0 aromatic heterocycles. The molecular weight excluding hydrogens is 138 g/mol. The molecule has 1 aliphatic rings. The van der Waals surface area contributed by atoms with Crippen LogP contribution in [0.25, 0.3) is 0 Å². The third kappa shape index (κ3) is 1.25. The molecule has 1 saturated heterocycles. The summed E-state index contributed by atoms with van der Waals surface area (Å²) in [6.45, 7) is 0.609. The van der Waals surface area contributed by atoms with E-state index in [0.29, 0.717) is 6.61 Å². The third-order valence-electron chi connectivity index (χ3n) is 1.50. The molecule has 58 valence electrons. The second-order valence-corrected chi connectivity index (χ2v) is 2.11. The van der Waals surface area contributed by atoms with Crippen LogP contribution in [0.4, 0.5) is 0 Å². The van der Waals surface area contributed by atoms with E-state index >= 15 is 0 Å². The van der Waals surface area contributed by atoms with E-state index in [1.54, 1.807) is 0 Å². The van der Waals surface area contributed by atoms with Gasteiger partial charge in [-0.1, -0.05) is 0 Å². The van der Waals surface area contributed by atoms with Crippen molar-refractivity contribution in [1.29, 1.82) is 0 Å². The zero-order chi connectivity index (χ0) is 7.56. The van der Waals surface area contributed by atoms with Gasteiger partial charge in [-0.15, -0.1) is 0 Å². The molecule has 0 amide bonds. The molecule has 1 heterocycles. The first-order chi connectivity index (χ1) is 4.75. The van der Waals surface area contributed by atoms with Crippen molar-refractivity contribution in [2.24, 2.45) is 0 Å². The Labute approximate surface area is 58.1 Å². The number of hydrogen-bond donors (Lipinski definition) is 0. The first-order valence-corrected chi connectivity index (χ1v) is 3.03. The Kier molecular flexibility index (Phi) is 2.18. The summed E-state index contributed by atoms with van der Waals surface area (Å²) < 4.78 is 9.47. The van der Waals surface area contributed by atoms with Crippen LogP contribution >= 0.6 is 0 Å². The van der Waals surface area contributed by atoms with Gasteiger partial charge in [0.1, 0.15) is 0 Å². The van der Waals surface area contributed by atoms with E-state index in [1.165, 1.54) is 7.11 Å². The van der Waals surface area contributed by atoms with Gasteiger partial charge in [0.2, 0.25) is 0 Å². The molecular formula is C5H9NO4. The average Bonchev–Trinajstić information content (AvgIpc) is 1.76. The van der Waals surface area contributed by atoms with E-state index in [2.05, 4.69) is 4.74 Å². The third-order valence-corrected chi connectivity index (χ3v) is 1.50. The number of hydrogen-bond acceptors (Lipinski definition) is 4. The Morgan fingerprint density at radius 1 is 1.90 bits per heavy atom. The Morgan fingerprint density at radius 3 is 2.60 bits per heavy atom. The van der Waals surface area contributed by atoms with Crippen LogP contribution in [0.5, 0.6) is 0 Å². The lowest BCUT2D eigenvalue weighted by Gasteiger charge is -2.27. The van der Waals surface area contributed by atoms with Crippen LogP contribution in [0, 0.1) is 10.1 Å². The molecule has 2 unspecified atom stereocenters. The fourth-order valence-corrected chi connectivity index (χ4v) is 0.852. The van der Waals surface area contributed by atoms with Crippen LogP contribution in [0.1, 0.15) is 6.42 Å². The molecule has 1 aliphatic heterocycles. The summed E-state index contributed by atoms with van der Waals surface area (Å²) in [5, 5.41) is 10.2. The van der Waals surface area contributed by atoms with Crippen molar-refractivity contribution in [1.82, 2.24) is 0 Å². The molecule has 1 fully saturated rings. The van der Waals surface area contributed by atoms with Crippen LogP contribution in [-0.2, 0) is 9.47 Å². The minimum atomic E-state index is -0.978. The van der Waals surface area contributed by atoms with Crippen LogP contribution in [-0.4, -0.2) is 31.0 Å². The lowest BCUT2D eigenvalue weighted by atomic mass is 10.2. The van der Waals surface area contributed by atoms with Gasteiger partial charge < -0.3 is 9.47 Å². The molecule has 0 spiro atoms. The average molecular weight is 147 g/mol. The Hall–Kier alpha value is -0.680. The predicted molar refractivity (Wildman–Crippen MR) is 32.1 cm³/mol. The van der Waals surface area contributed by atoms with Gasteiger partial charge in [-0.3, -0.25) is 10.1 Å². The molecule has 0 aromatic rings. The number of nitro groups is 1. The summed E-state index contributed by atoms with van der Waals surface area (Å²) >= 11 is 0. The van der Waals surface area contributed by atoms with Gasteiger partial charge in [0.15, 0.2) is 6.10 Å². The summed E-state index contributed by atoms with van der Waals surface area (Å²) in [4.78, 5) is 9.70. The van der Waals surface area contributed by atoms with E-state index < -0.39 is 11.2 Å². The van der Waals surface area contributed by atoms with E-state index in [0.717, 1.165) is 6.42 Å². The minimum Gasteiger partial charge on any atom is -0.368 e. The van der Waals surface area contributed by atoms with Crippen molar-refractivity contribution in [3.8, 4) is 0 Å². The zero-order valence-corrected chi connectivity index (χ0v) is 5.65. The molecule has 0 bridgehead atoms. The van der Waals surface area contributed by atoms with Gasteiger partial charge in [0.05, 0.1) is 11.5 Å². The summed E-state index contributed by atoms with van der Waals surface area (Å²) in [7, 11) is 1.31. The van der Waals surface area contributed by atoms with Crippen molar-refractivity contribution in [2.75, 3.05) is 13.7 Å². The first-order valence-electron chi connectivity index (χ1n) is 3.03. The first kappa shape index (κ1) is 7.43. The second kappa shape index (κ2) is 2.94. The van der Waals surface area contributed by atoms with Gasteiger partial charge >= 0.3 is 6.23 Å². The summed E-state index contributed by atoms with van der Waals surface area (Å²) in [6, 6.07) is 0. The zero-order valence-electron chi connectivity index (χ0n) is 5.65. The van der Waals surface area contributed by atoms with Crippen molar-refractivity contribution >= 4 is 0 Å². The monoisotopic (exact) mass is 147 g/mol. The van der Waals surface area contributed by atoms with Gasteiger partial charge in [-0.25, -0.2) is 0 Å². The van der Waals surface area contributed by atoms with Gasteiger partial charge in [0.25, 0.3) is 0 Å². The standard InChI is InChI=1S/C5H9NO4/c1-9-5(6(7)8)4-2-3-10-4/h4-5H,2-3H2,1H3. The predicted octanol–water partition coefficient (Wildman–Crippen LogP) is 0.0245. The molecule has 10 heavy (non-hydrogen) atoms. The van der Waals surface area contributed by atoms with E-state index in [-0.39, 0.29) is 6.10 Å². The minimum absolute atomic E-state index is 0.333. The molecule has 5 nitrogen and oxygen atoms in total. The Balaban J connectivity index is 2.39. The van der Waals surface area contributed by atoms with Crippen LogP contribution in [0.3, 0.4) is 0 Å². The maximum atomic E-state index is 10.2. The summed E-state index contributed by atoms with van der Waals surface area (Å²) in [5.74, 6) is 0. The van der Waals surface area contributed by atoms with Crippen molar-refractivity contribution in [3.63, 3.8) is 0 Å². The molecule has 0 saturated carbocycles. The smallest absolute Gasteiger partial charge is 0.341 e. The summed E-state index contributed by atoms with van der Waals surface area (Å²) in [6.07, 6.45) is -0.590. The van der Waals surface area contributed by atoms with Gasteiger partial charge in [-0.2, -0.15) is 0 Å². The van der Waals surface area contributed by atoms with Crippen molar-refractivity contribution in [2.45, 2.75) is 18.8 Å². The van der Waals surface area contributed by atoms with Crippen LogP contribution < -0.4 is 0 Å². The topological polar surface area (TPSA) is 61.6 Å². The highest BCUT2D eigenvalue weighted by molar-refractivity contribution is 4.69. The number of ether oxygens (including phenoxy) is 2. The number of nitrogens with zero attached hydrogens (tertiary/aromatic N) is 1. The summed E-state index contributed by atoms with van der Waals surface area (Å²) in [5.41, 5.74) is 0. The molecule has 0 N–H and O–H groups in total. The fourth-order valence-electron chi connectivity index (χ4n) is 0.852. The van der Waals surface area contributed by atoms with Crippen molar-refractivity contribution < 1.29 is 14.4 Å². The normalized spacial score (nSPS) is 27.1. The number of methoxy groups -OCH3 is 1. The SMILES string of the molecule is COC(C1CCO1)[N+](=O)[O-]. The molecule has 2 atom stereocenters. The lowest BCUT2D eigenvalue weighted by molar-refractivity contribution is -0.591. The van der Waals surface area contributed by atoms with Gasteiger partial charge in [-0.05, 0) is 0 Å². The highest BCUT2D eigenvalue weighted by atomic mass is 16.7. The van der Waals surface area contributed by atoms with E-state index in [1.807, 2.05) is 0 Å². The molecule has 5 heteroatoms. The Morgan fingerprint density at radius 2 is 2.50 bits per heavy atom. The molecule has 1 rings (SSSR count).